The molecule has 9 heteroatoms. The first-order chi connectivity index (χ1) is 16.0. The number of carbonyl (C=O) groups is 1. The van der Waals surface area contributed by atoms with Crippen LogP contribution in [0.2, 0.25) is 5.02 Å². The van der Waals surface area contributed by atoms with Gasteiger partial charge in [-0.25, -0.2) is 0 Å². The van der Waals surface area contributed by atoms with Crippen LogP contribution in [0, 0.1) is 0 Å². The zero-order valence-electron chi connectivity index (χ0n) is 18.1. The van der Waals surface area contributed by atoms with Crippen LogP contribution in [-0.2, 0) is 0 Å². The van der Waals surface area contributed by atoms with Gasteiger partial charge >= 0.3 is 0 Å². The van der Waals surface area contributed by atoms with Crippen molar-refractivity contribution in [3.05, 3.63) is 71.2 Å². The molecule has 0 saturated heterocycles. The van der Waals surface area contributed by atoms with Gasteiger partial charge in [0.05, 0.1) is 21.3 Å². The molecule has 0 aliphatic rings. The van der Waals surface area contributed by atoms with Crippen LogP contribution in [0.3, 0.4) is 0 Å². The van der Waals surface area contributed by atoms with Crippen molar-refractivity contribution in [2.75, 3.05) is 26.6 Å². The number of hydrogen-bond donors (Lipinski definition) is 1. The topological polar surface area (TPSA) is 95.7 Å². The number of ether oxygens (including phenoxy) is 3. The Balaban J connectivity index is 1.51. The van der Waals surface area contributed by atoms with E-state index in [9.17, 15) is 4.79 Å². The Kier molecular flexibility index (Phi) is 6.46. The summed E-state index contributed by atoms with van der Waals surface area (Å²) in [6, 6.07) is 17.4. The number of nitrogens with one attached hydrogen (secondary N) is 1. The number of rotatable bonds is 7. The monoisotopic (exact) mass is 465 g/mol. The number of benzene rings is 3. The lowest BCUT2D eigenvalue weighted by Crippen LogP contribution is -2.12. The Morgan fingerprint density at radius 2 is 1.48 bits per heavy atom. The number of aromatic nitrogens is 2. The van der Waals surface area contributed by atoms with Gasteiger partial charge in [-0.3, -0.25) is 4.79 Å². The minimum Gasteiger partial charge on any atom is -0.493 e. The molecule has 0 spiro atoms. The predicted octanol–water partition coefficient (Wildman–Crippen LogP) is 5.34. The van der Waals surface area contributed by atoms with Gasteiger partial charge in [0.2, 0.25) is 17.5 Å². The largest absolute Gasteiger partial charge is 0.493 e. The molecular weight excluding hydrogens is 446 g/mol. The molecule has 0 aliphatic carbocycles. The van der Waals surface area contributed by atoms with Gasteiger partial charge in [-0.1, -0.05) is 17.7 Å². The number of methoxy groups -OCH3 is 3. The van der Waals surface area contributed by atoms with E-state index in [4.69, 9.17) is 30.2 Å². The number of hydrogen-bond acceptors (Lipinski definition) is 7. The van der Waals surface area contributed by atoms with Gasteiger partial charge in [-0.15, -0.1) is 10.2 Å². The Bertz CT molecular complexity index is 1260. The summed E-state index contributed by atoms with van der Waals surface area (Å²) in [4.78, 5) is 12.8. The Labute approximate surface area is 195 Å². The summed E-state index contributed by atoms with van der Waals surface area (Å²) >= 11 is 6.03. The van der Waals surface area contributed by atoms with Crippen molar-refractivity contribution in [3.63, 3.8) is 0 Å². The van der Waals surface area contributed by atoms with Crippen LogP contribution in [0.4, 0.5) is 5.69 Å². The van der Waals surface area contributed by atoms with Crippen LogP contribution in [0.15, 0.2) is 65.1 Å². The van der Waals surface area contributed by atoms with E-state index in [0.717, 1.165) is 5.56 Å². The van der Waals surface area contributed by atoms with Crippen molar-refractivity contribution in [1.82, 2.24) is 10.2 Å². The quantitative estimate of drug-likeness (QED) is 0.393. The van der Waals surface area contributed by atoms with E-state index < -0.39 is 0 Å². The average molecular weight is 466 g/mol. The normalized spacial score (nSPS) is 10.5. The van der Waals surface area contributed by atoms with E-state index in [-0.39, 0.29) is 5.91 Å². The predicted molar refractivity (Wildman–Crippen MR) is 124 cm³/mol. The van der Waals surface area contributed by atoms with Crippen LogP contribution in [0.1, 0.15) is 10.4 Å². The lowest BCUT2D eigenvalue weighted by atomic mass is 10.1. The van der Waals surface area contributed by atoms with Crippen LogP contribution in [0.5, 0.6) is 17.2 Å². The van der Waals surface area contributed by atoms with Gasteiger partial charge in [0, 0.05) is 27.4 Å². The smallest absolute Gasteiger partial charge is 0.255 e. The minimum atomic E-state index is -0.331. The highest BCUT2D eigenvalue weighted by Crippen LogP contribution is 2.38. The fourth-order valence-electron chi connectivity index (χ4n) is 3.19. The summed E-state index contributed by atoms with van der Waals surface area (Å²) in [5.41, 5.74) is 2.39. The molecule has 0 atom stereocenters. The first kappa shape index (κ1) is 22.2. The average Bonchev–Trinajstić information content (AvgIpc) is 3.34. The van der Waals surface area contributed by atoms with E-state index >= 15 is 0 Å². The molecule has 3 aromatic carbocycles. The Morgan fingerprint density at radius 3 is 2.06 bits per heavy atom. The zero-order valence-corrected chi connectivity index (χ0v) is 18.8. The summed E-state index contributed by atoms with van der Waals surface area (Å²) in [6.45, 7) is 0. The molecule has 1 amide bonds. The molecular formula is C24H20ClN3O5. The molecule has 0 fully saturated rings. The highest BCUT2D eigenvalue weighted by atomic mass is 35.5. The molecule has 4 aromatic rings. The molecule has 33 heavy (non-hydrogen) atoms. The molecule has 0 unspecified atom stereocenters. The van der Waals surface area contributed by atoms with E-state index in [0.29, 0.717) is 50.9 Å². The third-order valence-electron chi connectivity index (χ3n) is 4.81. The molecule has 4 rings (SSSR count). The van der Waals surface area contributed by atoms with Crippen LogP contribution in [0.25, 0.3) is 22.9 Å². The summed E-state index contributed by atoms with van der Waals surface area (Å²) in [5, 5.41) is 11.6. The van der Waals surface area contributed by atoms with Gasteiger partial charge in [-0.2, -0.15) is 0 Å². The Morgan fingerprint density at radius 1 is 0.848 bits per heavy atom. The second kappa shape index (κ2) is 9.62. The van der Waals surface area contributed by atoms with Crippen molar-refractivity contribution < 1.29 is 23.4 Å². The second-order valence-electron chi connectivity index (χ2n) is 6.87. The minimum absolute atomic E-state index is 0.331. The summed E-state index contributed by atoms with van der Waals surface area (Å²) in [5.74, 6) is 1.59. The van der Waals surface area contributed by atoms with Gasteiger partial charge in [0.15, 0.2) is 11.5 Å². The number of anilines is 1. The highest BCUT2D eigenvalue weighted by Gasteiger charge is 2.17. The van der Waals surface area contributed by atoms with E-state index in [1.807, 2.05) is 12.1 Å². The van der Waals surface area contributed by atoms with Crippen molar-refractivity contribution in [3.8, 4) is 40.2 Å². The summed E-state index contributed by atoms with van der Waals surface area (Å²) in [6.07, 6.45) is 0. The van der Waals surface area contributed by atoms with E-state index in [1.54, 1.807) is 48.5 Å². The first-order valence-corrected chi connectivity index (χ1v) is 10.2. The molecule has 168 valence electrons. The maximum atomic E-state index is 12.8. The van der Waals surface area contributed by atoms with Crippen LogP contribution in [-0.4, -0.2) is 37.4 Å². The van der Waals surface area contributed by atoms with Gasteiger partial charge in [0.25, 0.3) is 5.91 Å². The van der Waals surface area contributed by atoms with Crippen molar-refractivity contribution in [1.29, 1.82) is 0 Å². The maximum absolute atomic E-state index is 12.8. The maximum Gasteiger partial charge on any atom is 0.255 e. The fourth-order valence-corrected chi connectivity index (χ4v) is 3.38. The van der Waals surface area contributed by atoms with Crippen molar-refractivity contribution >= 4 is 23.2 Å². The number of nitrogens with zero attached hydrogens (tertiary/aromatic N) is 2. The van der Waals surface area contributed by atoms with Crippen molar-refractivity contribution in [2.24, 2.45) is 0 Å². The molecule has 1 heterocycles. The highest BCUT2D eigenvalue weighted by molar-refractivity contribution is 6.30. The third-order valence-corrected chi connectivity index (χ3v) is 5.05. The van der Waals surface area contributed by atoms with Gasteiger partial charge in [0.1, 0.15) is 0 Å². The van der Waals surface area contributed by atoms with Gasteiger partial charge < -0.3 is 23.9 Å². The first-order valence-electron chi connectivity index (χ1n) is 9.83. The lowest BCUT2D eigenvalue weighted by Gasteiger charge is -2.14. The molecule has 0 bridgehead atoms. The van der Waals surface area contributed by atoms with Gasteiger partial charge in [-0.05, 0) is 54.6 Å². The Hall–Kier alpha value is -4.04. The van der Waals surface area contributed by atoms with E-state index in [2.05, 4.69) is 15.5 Å². The standard InChI is InChI=1S/C24H20ClN3O5/c1-30-19-12-16(13-20(31-2)21(19)32-3)22(29)26-18-9-7-14(8-10-18)23-27-28-24(33-23)15-5-4-6-17(25)11-15/h4-13H,1-3H3,(H,26,29). The fraction of sp³-hybridized carbons (Fsp3) is 0.125. The molecule has 0 aliphatic heterocycles. The summed E-state index contributed by atoms with van der Waals surface area (Å²) in [7, 11) is 4.49. The van der Waals surface area contributed by atoms with Crippen LogP contribution < -0.4 is 19.5 Å². The van der Waals surface area contributed by atoms with Crippen molar-refractivity contribution in [2.45, 2.75) is 0 Å². The molecule has 1 aromatic heterocycles. The summed E-state index contributed by atoms with van der Waals surface area (Å²) < 4.78 is 21.7. The number of amides is 1. The number of carbonyl (C=O) groups excluding carboxylic acids is 1. The molecule has 8 nitrogen and oxygen atoms in total. The molecule has 1 N–H and O–H groups in total. The zero-order chi connectivity index (χ0) is 23.4. The molecule has 0 radical (unpaired) electrons. The number of halogens is 1. The van der Waals surface area contributed by atoms with E-state index in [1.165, 1.54) is 21.3 Å². The third kappa shape index (κ3) is 4.75. The molecule has 0 saturated carbocycles. The lowest BCUT2D eigenvalue weighted by molar-refractivity contribution is 0.102. The SMILES string of the molecule is COc1cc(C(=O)Nc2ccc(-c3nnc(-c4cccc(Cl)c4)o3)cc2)cc(OC)c1OC. The van der Waals surface area contributed by atoms with Crippen LogP contribution >= 0.6 is 11.6 Å². The second-order valence-corrected chi connectivity index (χ2v) is 7.30.